The minimum absolute atomic E-state index is 0.101. The SMILES string of the molecule is O=C(Cc1cnc[nH]1)NCCc1ccccc1F. The van der Waals surface area contributed by atoms with Gasteiger partial charge >= 0.3 is 0 Å². The largest absolute Gasteiger partial charge is 0.355 e. The molecule has 1 amide bonds. The smallest absolute Gasteiger partial charge is 0.226 e. The van der Waals surface area contributed by atoms with Crippen LogP contribution in [0.1, 0.15) is 11.3 Å². The summed E-state index contributed by atoms with van der Waals surface area (Å²) in [6, 6.07) is 6.57. The molecule has 0 aliphatic heterocycles. The summed E-state index contributed by atoms with van der Waals surface area (Å²) in [5.74, 6) is -0.337. The minimum Gasteiger partial charge on any atom is -0.355 e. The summed E-state index contributed by atoms with van der Waals surface area (Å²) in [6.45, 7) is 0.425. The number of rotatable bonds is 5. The average molecular weight is 247 g/mol. The number of aromatic nitrogens is 2. The summed E-state index contributed by atoms with van der Waals surface area (Å²) in [7, 11) is 0. The van der Waals surface area contributed by atoms with E-state index < -0.39 is 0 Å². The maximum absolute atomic E-state index is 13.3. The maximum atomic E-state index is 13.3. The Morgan fingerprint density at radius 1 is 1.39 bits per heavy atom. The van der Waals surface area contributed by atoms with Crippen molar-refractivity contribution in [1.29, 1.82) is 0 Å². The quantitative estimate of drug-likeness (QED) is 0.840. The van der Waals surface area contributed by atoms with Crippen molar-refractivity contribution in [3.05, 3.63) is 53.9 Å². The van der Waals surface area contributed by atoms with Crippen molar-refractivity contribution >= 4 is 5.91 Å². The third-order valence-corrected chi connectivity index (χ3v) is 2.58. The summed E-state index contributed by atoms with van der Waals surface area (Å²) in [5.41, 5.74) is 1.37. The number of halogens is 1. The average Bonchev–Trinajstić information content (AvgIpc) is 2.84. The number of nitrogens with zero attached hydrogens (tertiary/aromatic N) is 1. The molecule has 1 heterocycles. The zero-order valence-corrected chi connectivity index (χ0v) is 9.82. The molecular weight excluding hydrogens is 233 g/mol. The molecule has 0 spiro atoms. The molecule has 94 valence electrons. The maximum Gasteiger partial charge on any atom is 0.226 e. The highest BCUT2D eigenvalue weighted by molar-refractivity contribution is 5.77. The van der Waals surface area contributed by atoms with Crippen LogP contribution in [0.25, 0.3) is 0 Å². The van der Waals surface area contributed by atoms with Gasteiger partial charge in [0.2, 0.25) is 5.91 Å². The number of imidazole rings is 1. The molecular formula is C13H14FN3O. The van der Waals surface area contributed by atoms with Gasteiger partial charge in [-0.05, 0) is 18.1 Å². The second-order valence-corrected chi connectivity index (χ2v) is 3.94. The molecule has 5 heteroatoms. The van der Waals surface area contributed by atoms with Crippen LogP contribution < -0.4 is 5.32 Å². The lowest BCUT2D eigenvalue weighted by molar-refractivity contribution is -0.120. The molecule has 1 aromatic heterocycles. The predicted octanol–water partition coefficient (Wildman–Crippen LogP) is 1.45. The molecule has 0 bridgehead atoms. The van der Waals surface area contributed by atoms with Gasteiger partial charge in [-0.1, -0.05) is 18.2 Å². The Morgan fingerprint density at radius 2 is 2.22 bits per heavy atom. The van der Waals surface area contributed by atoms with Gasteiger partial charge in [-0.2, -0.15) is 0 Å². The van der Waals surface area contributed by atoms with E-state index in [1.54, 1.807) is 24.4 Å². The molecule has 2 rings (SSSR count). The van der Waals surface area contributed by atoms with E-state index >= 15 is 0 Å². The van der Waals surface area contributed by atoms with Crippen molar-refractivity contribution in [2.24, 2.45) is 0 Å². The molecule has 0 unspecified atom stereocenters. The second-order valence-electron chi connectivity index (χ2n) is 3.94. The molecule has 2 N–H and O–H groups in total. The van der Waals surface area contributed by atoms with E-state index in [4.69, 9.17) is 0 Å². The highest BCUT2D eigenvalue weighted by Crippen LogP contribution is 2.06. The third kappa shape index (κ3) is 3.41. The Balaban J connectivity index is 1.75. The molecule has 0 saturated carbocycles. The Hall–Kier alpha value is -2.17. The Labute approximate surface area is 104 Å². The van der Waals surface area contributed by atoms with Crippen LogP contribution in [0.3, 0.4) is 0 Å². The molecule has 0 radical (unpaired) electrons. The van der Waals surface area contributed by atoms with E-state index in [0.29, 0.717) is 18.5 Å². The van der Waals surface area contributed by atoms with Crippen molar-refractivity contribution in [3.8, 4) is 0 Å². The first kappa shape index (κ1) is 12.3. The number of hydrogen-bond donors (Lipinski definition) is 2. The van der Waals surface area contributed by atoms with E-state index in [2.05, 4.69) is 15.3 Å². The summed E-state index contributed by atoms with van der Waals surface area (Å²) >= 11 is 0. The predicted molar refractivity (Wildman–Crippen MR) is 65.4 cm³/mol. The van der Waals surface area contributed by atoms with Crippen LogP contribution in [0.2, 0.25) is 0 Å². The van der Waals surface area contributed by atoms with Crippen molar-refractivity contribution in [1.82, 2.24) is 15.3 Å². The first-order valence-corrected chi connectivity index (χ1v) is 5.73. The van der Waals surface area contributed by atoms with Gasteiger partial charge in [-0.3, -0.25) is 4.79 Å². The van der Waals surface area contributed by atoms with Gasteiger partial charge in [0.25, 0.3) is 0 Å². The third-order valence-electron chi connectivity index (χ3n) is 2.58. The number of aromatic amines is 1. The van der Waals surface area contributed by atoms with Crippen molar-refractivity contribution in [2.75, 3.05) is 6.54 Å². The first-order chi connectivity index (χ1) is 8.75. The van der Waals surface area contributed by atoms with E-state index in [9.17, 15) is 9.18 Å². The molecule has 0 aliphatic rings. The zero-order chi connectivity index (χ0) is 12.8. The fourth-order valence-corrected chi connectivity index (χ4v) is 1.65. The van der Waals surface area contributed by atoms with E-state index in [-0.39, 0.29) is 18.1 Å². The minimum atomic E-state index is -0.236. The van der Waals surface area contributed by atoms with Crippen LogP contribution in [0.15, 0.2) is 36.8 Å². The lowest BCUT2D eigenvalue weighted by Crippen LogP contribution is -2.27. The number of benzene rings is 1. The van der Waals surface area contributed by atoms with Gasteiger partial charge in [-0.15, -0.1) is 0 Å². The van der Waals surface area contributed by atoms with Gasteiger partial charge < -0.3 is 10.3 Å². The molecule has 4 nitrogen and oxygen atoms in total. The highest BCUT2D eigenvalue weighted by Gasteiger charge is 2.05. The number of hydrogen-bond acceptors (Lipinski definition) is 2. The Morgan fingerprint density at radius 3 is 2.94 bits per heavy atom. The standard InChI is InChI=1S/C13H14FN3O/c14-12-4-2-1-3-10(12)5-6-16-13(18)7-11-8-15-9-17-11/h1-4,8-9H,5-7H2,(H,15,17)(H,16,18). The van der Waals surface area contributed by atoms with Crippen molar-refractivity contribution in [2.45, 2.75) is 12.8 Å². The topological polar surface area (TPSA) is 57.8 Å². The molecule has 0 fully saturated rings. The summed E-state index contributed by atoms with van der Waals surface area (Å²) in [4.78, 5) is 18.2. The molecule has 0 saturated heterocycles. The number of H-pyrrole nitrogens is 1. The normalized spacial score (nSPS) is 10.3. The lowest BCUT2D eigenvalue weighted by Gasteiger charge is -2.05. The highest BCUT2D eigenvalue weighted by atomic mass is 19.1. The number of carbonyl (C=O) groups is 1. The fraction of sp³-hybridized carbons (Fsp3) is 0.231. The van der Waals surface area contributed by atoms with Gasteiger partial charge in [0.1, 0.15) is 5.82 Å². The molecule has 1 aromatic carbocycles. The van der Waals surface area contributed by atoms with Gasteiger partial charge in [-0.25, -0.2) is 9.37 Å². The fourth-order valence-electron chi connectivity index (χ4n) is 1.65. The summed E-state index contributed by atoms with van der Waals surface area (Å²) in [6.07, 6.45) is 3.89. The van der Waals surface area contributed by atoms with Crippen molar-refractivity contribution in [3.63, 3.8) is 0 Å². The monoisotopic (exact) mass is 247 g/mol. The number of nitrogens with one attached hydrogen (secondary N) is 2. The molecule has 2 aromatic rings. The molecule has 18 heavy (non-hydrogen) atoms. The van der Waals surface area contributed by atoms with Crippen molar-refractivity contribution < 1.29 is 9.18 Å². The van der Waals surface area contributed by atoms with Gasteiger partial charge in [0, 0.05) is 18.4 Å². The Kier molecular flexibility index (Phi) is 4.06. The second kappa shape index (κ2) is 5.95. The van der Waals surface area contributed by atoms with Crippen LogP contribution in [0.4, 0.5) is 4.39 Å². The number of carbonyl (C=O) groups excluding carboxylic acids is 1. The molecule has 0 aliphatic carbocycles. The molecule has 0 atom stereocenters. The zero-order valence-electron chi connectivity index (χ0n) is 9.82. The van der Waals surface area contributed by atoms with Gasteiger partial charge in [0.05, 0.1) is 12.7 Å². The lowest BCUT2D eigenvalue weighted by atomic mass is 10.1. The Bertz CT molecular complexity index is 511. The van der Waals surface area contributed by atoms with Gasteiger partial charge in [0.15, 0.2) is 0 Å². The van der Waals surface area contributed by atoms with Crippen LogP contribution in [-0.2, 0) is 17.6 Å². The van der Waals surface area contributed by atoms with Crippen LogP contribution in [0, 0.1) is 5.82 Å². The van der Waals surface area contributed by atoms with E-state index in [1.165, 1.54) is 12.4 Å². The van der Waals surface area contributed by atoms with E-state index in [1.807, 2.05) is 0 Å². The first-order valence-electron chi connectivity index (χ1n) is 5.73. The van der Waals surface area contributed by atoms with Crippen LogP contribution in [0.5, 0.6) is 0 Å². The van der Waals surface area contributed by atoms with Crippen LogP contribution >= 0.6 is 0 Å². The van der Waals surface area contributed by atoms with Crippen LogP contribution in [-0.4, -0.2) is 22.4 Å². The summed E-state index contributed by atoms with van der Waals surface area (Å²) < 4.78 is 13.3. The summed E-state index contributed by atoms with van der Waals surface area (Å²) in [5, 5.41) is 2.74. The number of amides is 1. The van der Waals surface area contributed by atoms with E-state index in [0.717, 1.165) is 5.69 Å².